The van der Waals surface area contributed by atoms with Gasteiger partial charge in [0.25, 0.3) is 0 Å². The first-order valence-electron chi connectivity index (χ1n) is 22.5. The highest BCUT2D eigenvalue weighted by molar-refractivity contribution is 6.11. The third-order valence-corrected chi connectivity index (χ3v) is 14.2. The van der Waals surface area contributed by atoms with Gasteiger partial charge in [0, 0.05) is 38.7 Å². The molecule has 0 spiro atoms. The largest absolute Gasteiger partial charge is 0.310 e. The van der Waals surface area contributed by atoms with E-state index in [-0.39, 0.29) is 10.8 Å². The third-order valence-electron chi connectivity index (χ3n) is 14.2. The van der Waals surface area contributed by atoms with Crippen LogP contribution in [-0.4, -0.2) is 0 Å². The Hall–Kier alpha value is -7.68. The van der Waals surface area contributed by atoms with Crippen LogP contribution in [0.25, 0.3) is 54.9 Å². The summed E-state index contributed by atoms with van der Waals surface area (Å²) >= 11 is 0. The van der Waals surface area contributed by atoms with Gasteiger partial charge in [-0.1, -0.05) is 210 Å². The van der Waals surface area contributed by atoms with E-state index in [0.29, 0.717) is 0 Å². The smallest absolute Gasteiger partial charge is 0.0618 e. The molecule has 0 N–H and O–H groups in total. The number of hydrogen-bond donors (Lipinski definition) is 0. The van der Waals surface area contributed by atoms with E-state index >= 15 is 0 Å². The Morgan fingerprint density at radius 3 is 1.72 bits per heavy atom. The molecule has 306 valence electrons. The highest BCUT2D eigenvalue weighted by Crippen LogP contribution is 2.57. The molecule has 2 heteroatoms. The van der Waals surface area contributed by atoms with Gasteiger partial charge in [-0.05, 0) is 97.1 Å². The zero-order valence-corrected chi connectivity index (χ0v) is 36.7. The maximum Gasteiger partial charge on any atom is 0.0618 e. The number of hydrogen-bond acceptors (Lipinski definition) is 2. The van der Waals surface area contributed by atoms with Gasteiger partial charge in [0.05, 0.1) is 22.7 Å². The Balaban J connectivity index is 1.15. The molecule has 64 heavy (non-hydrogen) atoms. The van der Waals surface area contributed by atoms with Crippen LogP contribution in [0.2, 0.25) is 0 Å². The summed E-state index contributed by atoms with van der Waals surface area (Å²) in [6, 6.07) is 81.1. The van der Waals surface area contributed by atoms with Crippen LogP contribution in [0.3, 0.4) is 0 Å². The molecule has 0 aromatic heterocycles. The van der Waals surface area contributed by atoms with E-state index < -0.39 is 0 Å². The van der Waals surface area contributed by atoms with Gasteiger partial charge in [0.2, 0.25) is 0 Å². The molecule has 0 saturated heterocycles. The van der Waals surface area contributed by atoms with Gasteiger partial charge in [-0.15, -0.1) is 0 Å². The van der Waals surface area contributed by atoms with Crippen molar-refractivity contribution in [1.29, 1.82) is 0 Å². The van der Waals surface area contributed by atoms with Crippen molar-refractivity contribution < 1.29 is 0 Å². The van der Waals surface area contributed by atoms with Crippen molar-refractivity contribution in [2.45, 2.75) is 38.5 Å². The molecular weight excluding hydrogens is 773 g/mol. The monoisotopic (exact) mass is 820 g/mol. The number of fused-ring (bicyclic) bond motifs is 7. The van der Waals surface area contributed by atoms with Crippen LogP contribution in [-0.2, 0) is 10.8 Å². The molecule has 0 amide bonds. The maximum atomic E-state index is 2.59. The van der Waals surface area contributed by atoms with Gasteiger partial charge in [-0.25, -0.2) is 0 Å². The second kappa shape index (κ2) is 14.4. The topological polar surface area (TPSA) is 6.48 Å². The van der Waals surface area contributed by atoms with Gasteiger partial charge in [0.15, 0.2) is 0 Å². The van der Waals surface area contributed by atoms with Crippen molar-refractivity contribution in [1.82, 2.24) is 0 Å². The number of anilines is 6. The fraction of sp³-hybridized carbons (Fsp3) is 0.0968. The number of benzene rings is 10. The lowest BCUT2D eigenvalue weighted by molar-refractivity contribution is 0.632. The van der Waals surface area contributed by atoms with Crippen molar-refractivity contribution in [3.63, 3.8) is 0 Å². The molecule has 0 unspecified atom stereocenters. The lowest BCUT2D eigenvalue weighted by atomic mass is 9.73. The van der Waals surface area contributed by atoms with E-state index in [1.165, 1.54) is 94.2 Å². The normalized spacial score (nSPS) is 14.2. The molecule has 2 nitrogen and oxygen atoms in total. The minimum Gasteiger partial charge on any atom is -0.310 e. The maximum absolute atomic E-state index is 2.59. The molecule has 10 aromatic carbocycles. The summed E-state index contributed by atoms with van der Waals surface area (Å²) in [7, 11) is 0. The first-order chi connectivity index (χ1) is 31.3. The molecule has 1 heterocycles. The van der Waals surface area contributed by atoms with Crippen molar-refractivity contribution in [3.05, 3.63) is 241 Å². The van der Waals surface area contributed by atoms with Gasteiger partial charge in [-0.3, -0.25) is 0 Å². The first kappa shape index (κ1) is 38.0. The van der Waals surface area contributed by atoms with Crippen LogP contribution in [0.5, 0.6) is 0 Å². The number of rotatable bonds is 6. The van der Waals surface area contributed by atoms with E-state index in [2.05, 4.69) is 256 Å². The zero-order valence-electron chi connectivity index (χ0n) is 36.7. The number of para-hydroxylation sites is 2. The Morgan fingerprint density at radius 2 is 0.891 bits per heavy atom. The summed E-state index contributed by atoms with van der Waals surface area (Å²) in [5.74, 6) is 0. The van der Waals surface area contributed by atoms with Crippen LogP contribution in [0.4, 0.5) is 34.1 Å². The van der Waals surface area contributed by atoms with Gasteiger partial charge in [-0.2, -0.15) is 0 Å². The standard InChI is InChI=1S/C62H48N2/c1-61(2)53-29-14-12-27-50(53)51-37-34-44(39-56(51)61)63(57-31-16-13-25-47(57)42-19-6-5-7-20-42)45-35-38-55-59(40-45)64(58-32-17-15-30-54(58)62(55,3)4)60-48-26-11-9-22-43(48)33-36-52(60)49-28-18-23-41-21-8-10-24-46(41)49/h5-40H,1-4H3. The fourth-order valence-electron chi connectivity index (χ4n) is 11.0. The number of nitrogens with zero attached hydrogens (tertiary/aromatic N) is 2. The highest BCUT2D eigenvalue weighted by atomic mass is 15.2. The zero-order chi connectivity index (χ0) is 43.2. The predicted octanol–water partition coefficient (Wildman–Crippen LogP) is 17.2. The SMILES string of the molecule is CC1(C)c2ccccc2-c2ccc(N(c3ccc4c(c3)N(c3c(-c5cccc6ccccc56)ccc5ccccc35)c3ccccc3C4(C)C)c3ccccc3-c3ccccc3)cc21. The predicted molar refractivity (Wildman–Crippen MR) is 271 cm³/mol. The second-order valence-electron chi connectivity index (χ2n) is 18.5. The first-order valence-corrected chi connectivity index (χ1v) is 22.5. The van der Waals surface area contributed by atoms with Crippen LogP contribution < -0.4 is 9.80 Å². The van der Waals surface area contributed by atoms with E-state index in [4.69, 9.17) is 0 Å². The molecule has 0 fully saturated rings. The van der Waals surface area contributed by atoms with E-state index in [9.17, 15) is 0 Å². The molecule has 10 aromatic rings. The second-order valence-corrected chi connectivity index (χ2v) is 18.5. The van der Waals surface area contributed by atoms with Crippen LogP contribution >= 0.6 is 0 Å². The molecule has 0 atom stereocenters. The molecule has 1 aliphatic carbocycles. The summed E-state index contributed by atoms with van der Waals surface area (Å²) in [6.07, 6.45) is 0. The summed E-state index contributed by atoms with van der Waals surface area (Å²) in [4.78, 5) is 5.09. The van der Waals surface area contributed by atoms with Crippen LogP contribution in [0, 0.1) is 0 Å². The van der Waals surface area contributed by atoms with E-state index in [0.717, 1.165) is 17.1 Å². The van der Waals surface area contributed by atoms with Crippen molar-refractivity contribution in [2.75, 3.05) is 9.80 Å². The van der Waals surface area contributed by atoms with Crippen molar-refractivity contribution in [2.24, 2.45) is 0 Å². The summed E-state index contributed by atoms with van der Waals surface area (Å²) < 4.78 is 0. The molecule has 12 rings (SSSR count). The minimum absolute atomic E-state index is 0.153. The van der Waals surface area contributed by atoms with E-state index in [1.54, 1.807) is 0 Å². The molecule has 0 bridgehead atoms. The lowest BCUT2D eigenvalue weighted by Gasteiger charge is -2.43. The summed E-state index contributed by atoms with van der Waals surface area (Å²) in [5.41, 5.74) is 19.2. The quantitative estimate of drug-likeness (QED) is 0.165. The minimum atomic E-state index is -0.276. The Bertz CT molecular complexity index is 3460. The molecule has 0 radical (unpaired) electrons. The summed E-state index contributed by atoms with van der Waals surface area (Å²) in [6.45, 7) is 9.52. The molecule has 0 saturated carbocycles. The van der Waals surface area contributed by atoms with Crippen molar-refractivity contribution in [3.8, 4) is 33.4 Å². The average Bonchev–Trinajstić information content (AvgIpc) is 3.57. The third kappa shape index (κ3) is 5.72. The Labute approximate surface area is 376 Å². The van der Waals surface area contributed by atoms with Gasteiger partial charge in [0.1, 0.15) is 0 Å². The molecule has 1 aliphatic heterocycles. The van der Waals surface area contributed by atoms with Gasteiger partial charge >= 0.3 is 0 Å². The highest BCUT2D eigenvalue weighted by Gasteiger charge is 2.40. The van der Waals surface area contributed by atoms with Crippen molar-refractivity contribution >= 4 is 55.7 Å². The fourth-order valence-corrected chi connectivity index (χ4v) is 11.0. The lowest BCUT2D eigenvalue weighted by Crippen LogP contribution is -2.31. The molecular formula is C62H48N2. The van der Waals surface area contributed by atoms with Crippen LogP contribution in [0.1, 0.15) is 49.9 Å². The van der Waals surface area contributed by atoms with Gasteiger partial charge < -0.3 is 9.80 Å². The Kier molecular flexibility index (Phi) is 8.58. The molecule has 2 aliphatic rings. The Morgan fingerprint density at radius 1 is 0.344 bits per heavy atom. The van der Waals surface area contributed by atoms with E-state index in [1.807, 2.05) is 0 Å². The average molecular weight is 821 g/mol. The van der Waals surface area contributed by atoms with Crippen LogP contribution in [0.15, 0.2) is 218 Å². The summed E-state index contributed by atoms with van der Waals surface area (Å²) in [5, 5.41) is 4.90.